The third-order valence-electron chi connectivity index (χ3n) is 6.54. The van der Waals surface area contributed by atoms with Gasteiger partial charge in [0, 0.05) is 31.4 Å². The number of nitrogens with zero attached hydrogens (tertiary/aromatic N) is 5. The van der Waals surface area contributed by atoms with Gasteiger partial charge in [0.2, 0.25) is 0 Å². The van der Waals surface area contributed by atoms with Gasteiger partial charge in [0.15, 0.2) is 11.3 Å². The summed E-state index contributed by atoms with van der Waals surface area (Å²) < 4.78 is 59.3. The second-order valence-electron chi connectivity index (χ2n) is 9.00. The second kappa shape index (κ2) is 9.74. The lowest BCUT2D eigenvalue weighted by molar-refractivity contribution is 0.176. The van der Waals surface area contributed by atoms with Crippen molar-refractivity contribution < 1.29 is 31.3 Å². The number of anilines is 2. The Morgan fingerprint density at radius 3 is 2.78 bits per heavy atom. The van der Waals surface area contributed by atoms with E-state index in [1.54, 1.807) is 6.07 Å². The molecule has 0 unspecified atom stereocenters. The summed E-state index contributed by atoms with van der Waals surface area (Å²) in [6.07, 6.45) is 2.60. The summed E-state index contributed by atoms with van der Waals surface area (Å²) in [7, 11) is -3.98. The monoisotopic (exact) mass is 536 g/mol. The lowest BCUT2D eigenvalue weighted by atomic mass is 10.0. The number of nitrogens with one attached hydrogen (secondary N) is 1. The molecule has 11 nitrogen and oxygen atoms in total. The molecule has 198 valence electrons. The summed E-state index contributed by atoms with van der Waals surface area (Å²) in [4.78, 5) is 20.7. The number of amides is 2. The molecule has 2 aliphatic heterocycles. The number of aliphatic hydroxyl groups excluding tert-OH is 1. The van der Waals surface area contributed by atoms with Gasteiger partial charge in [-0.1, -0.05) is 0 Å². The van der Waals surface area contributed by atoms with E-state index in [9.17, 15) is 27.1 Å². The highest BCUT2D eigenvalue weighted by atomic mass is 32.2. The van der Waals surface area contributed by atoms with E-state index in [0.717, 1.165) is 18.6 Å². The predicted molar refractivity (Wildman–Crippen MR) is 130 cm³/mol. The Hall–Kier alpha value is -3.52. The minimum absolute atomic E-state index is 0.0575. The SMILES string of the molecule is CCS(=O)(=O)Oc1nn2ccc(N3CCC[C@@H]3c3cc(F)ccc3F)nc2c1NC(=O)N1CC[C@H](O)C1. The van der Waals surface area contributed by atoms with Gasteiger partial charge in [-0.25, -0.2) is 23.1 Å². The molecule has 2 aliphatic rings. The Bertz CT molecular complexity index is 1450. The average molecular weight is 537 g/mol. The van der Waals surface area contributed by atoms with Crippen LogP contribution in [0.4, 0.5) is 25.1 Å². The summed E-state index contributed by atoms with van der Waals surface area (Å²) in [6, 6.07) is 3.92. The van der Waals surface area contributed by atoms with E-state index < -0.39 is 39.9 Å². The lowest BCUT2D eigenvalue weighted by Gasteiger charge is -2.26. The molecule has 2 aromatic heterocycles. The largest absolute Gasteiger partial charge is 0.391 e. The fourth-order valence-electron chi connectivity index (χ4n) is 4.65. The normalized spacial score (nSPS) is 20.1. The number of likely N-dealkylation sites (tertiary alicyclic amines) is 1. The molecule has 2 N–H and O–H groups in total. The van der Waals surface area contributed by atoms with Gasteiger partial charge in [-0.2, -0.15) is 8.42 Å². The molecule has 0 bridgehead atoms. The van der Waals surface area contributed by atoms with Crippen molar-refractivity contribution in [3.63, 3.8) is 0 Å². The van der Waals surface area contributed by atoms with Crippen LogP contribution < -0.4 is 14.4 Å². The maximum atomic E-state index is 14.6. The van der Waals surface area contributed by atoms with Crippen LogP contribution in [0.15, 0.2) is 30.5 Å². The van der Waals surface area contributed by atoms with E-state index in [4.69, 9.17) is 4.18 Å². The highest BCUT2D eigenvalue weighted by Crippen LogP contribution is 2.38. The van der Waals surface area contributed by atoms with Gasteiger partial charge in [0.1, 0.15) is 17.5 Å². The molecule has 14 heteroatoms. The van der Waals surface area contributed by atoms with E-state index in [0.29, 0.717) is 31.7 Å². The quantitative estimate of drug-likeness (QED) is 0.460. The minimum atomic E-state index is -3.98. The zero-order valence-corrected chi connectivity index (χ0v) is 20.8. The van der Waals surface area contributed by atoms with E-state index >= 15 is 0 Å². The van der Waals surface area contributed by atoms with E-state index in [1.165, 1.54) is 28.6 Å². The fourth-order valence-corrected chi connectivity index (χ4v) is 5.13. The molecule has 2 fully saturated rings. The zero-order chi connectivity index (χ0) is 26.3. The molecule has 0 radical (unpaired) electrons. The van der Waals surface area contributed by atoms with Crippen LogP contribution in [-0.4, -0.2) is 70.5 Å². The van der Waals surface area contributed by atoms with Gasteiger partial charge < -0.3 is 19.1 Å². The zero-order valence-electron chi connectivity index (χ0n) is 20.0. The first-order valence-electron chi connectivity index (χ1n) is 11.9. The molecule has 2 amide bonds. The molecule has 3 aromatic rings. The Labute approximate surface area is 211 Å². The Balaban J connectivity index is 1.54. The van der Waals surface area contributed by atoms with E-state index in [1.807, 2.05) is 4.90 Å². The van der Waals surface area contributed by atoms with Gasteiger partial charge in [0.05, 0.1) is 17.9 Å². The van der Waals surface area contributed by atoms with Crippen molar-refractivity contribution in [1.82, 2.24) is 19.5 Å². The molecule has 2 atom stereocenters. The number of hydrogen-bond acceptors (Lipinski definition) is 8. The standard InChI is InChI=1S/C23H26F2N6O5S/c1-2-37(34,35)36-22-20(27-23(33)29-10-7-15(32)13-29)21-26-19(8-11-31(21)28-22)30-9-3-4-18(30)16-12-14(24)5-6-17(16)25/h5-6,8,11-12,15,18,32H,2-4,7,9-10,13H2,1H3,(H,27,33)/t15-,18+/m0/s1. The third kappa shape index (κ3) is 5.03. The van der Waals surface area contributed by atoms with Crippen molar-refractivity contribution in [2.75, 3.05) is 35.6 Å². The number of rotatable bonds is 6. The van der Waals surface area contributed by atoms with Gasteiger partial charge in [-0.3, -0.25) is 5.32 Å². The number of urea groups is 1. The molecule has 1 aromatic carbocycles. The number of β-amino-alcohol motifs (C(OH)–C–C–N with tert-alkyl or cyclic N) is 1. The summed E-state index contributed by atoms with van der Waals surface area (Å²) in [5.74, 6) is -1.33. The van der Waals surface area contributed by atoms with E-state index in [2.05, 4.69) is 15.4 Å². The Morgan fingerprint density at radius 1 is 1.24 bits per heavy atom. The number of halogens is 2. The maximum Gasteiger partial charge on any atom is 0.322 e. The molecule has 0 aliphatic carbocycles. The number of fused-ring (bicyclic) bond motifs is 1. The third-order valence-corrected chi connectivity index (χ3v) is 7.66. The van der Waals surface area contributed by atoms with Crippen molar-refractivity contribution in [2.24, 2.45) is 0 Å². The lowest BCUT2D eigenvalue weighted by Crippen LogP contribution is -2.33. The van der Waals surface area contributed by atoms with Gasteiger partial charge in [0.25, 0.3) is 5.88 Å². The van der Waals surface area contributed by atoms with E-state index in [-0.39, 0.29) is 35.1 Å². The van der Waals surface area contributed by atoms with Crippen LogP contribution in [0.2, 0.25) is 0 Å². The average Bonchev–Trinajstić information content (AvgIpc) is 3.59. The molecule has 5 rings (SSSR count). The van der Waals surface area contributed by atoms with Gasteiger partial charge in [-0.05, 0) is 50.5 Å². The van der Waals surface area contributed by atoms with Gasteiger partial charge >= 0.3 is 16.1 Å². The maximum absolute atomic E-state index is 14.6. The summed E-state index contributed by atoms with van der Waals surface area (Å²) in [6.45, 7) is 2.38. The number of benzene rings is 1. The summed E-state index contributed by atoms with van der Waals surface area (Å²) in [5.41, 5.74) is 0.266. The van der Waals surface area contributed by atoms with Crippen molar-refractivity contribution in [2.45, 2.75) is 38.3 Å². The first-order valence-corrected chi connectivity index (χ1v) is 13.5. The summed E-state index contributed by atoms with van der Waals surface area (Å²) >= 11 is 0. The van der Waals surface area contributed by atoms with Crippen LogP contribution in [-0.2, 0) is 10.1 Å². The topological polar surface area (TPSA) is 129 Å². The first-order chi connectivity index (χ1) is 17.6. The van der Waals surface area contributed by atoms with Crippen molar-refractivity contribution in [3.05, 3.63) is 47.7 Å². The number of hydrogen-bond donors (Lipinski definition) is 2. The highest BCUT2D eigenvalue weighted by Gasteiger charge is 2.32. The van der Waals surface area contributed by atoms with Crippen LogP contribution in [0.25, 0.3) is 5.65 Å². The smallest absolute Gasteiger partial charge is 0.322 e. The highest BCUT2D eigenvalue weighted by molar-refractivity contribution is 7.87. The number of aliphatic hydroxyl groups is 1. The van der Waals surface area contributed by atoms with Crippen molar-refractivity contribution in [3.8, 4) is 5.88 Å². The second-order valence-corrected chi connectivity index (χ2v) is 10.9. The molecule has 0 spiro atoms. The molecule has 0 saturated carbocycles. The van der Waals surface area contributed by atoms with Crippen LogP contribution in [0.1, 0.15) is 37.8 Å². The summed E-state index contributed by atoms with van der Waals surface area (Å²) in [5, 5.41) is 16.6. The van der Waals surface area contributed by atoms with Crippen LogP contribution >= 0.6 is 0 Å². The number of carbonyl (C=O) groups excluding carboxylic acids is 1. The van der Waals surface area contributed by atoms with Gasteiger partial charge in [-0.15, -0.1) is 5.10 Å². The fraction of sp³-hybridized carbons (Fsp3) is 0.435. The minimum Gasteiger partial charge on any atom is -0.391 e. The Morgan fingerprint density at radius 2 is 2.05 bits per heavy atom. The number of aromatic nitrogens is 3. The van der Waals surface area contributed by atoms with Crippen LogP contribution in [0.5, 0.6) is 5.88 Å². The first kappa shape index (κ1) is 25.1. The molecule has 2 saturated heterocycles. The molecular formula is C23H26F2N6O5S. The molecular weight excluding hydrogens is 510 g/mol. The molecule has 4 heterocycles. The van der Waals surface area contributed by atoms with Crippen LogP contribution in [0.3, 0.4) is 0 Å². The van der Waals surface area contributed by atoms with Crippen molar-refractivity contribution in [1.29, 1.82) is 0 Å². The van der Waals surface area contributed by atoms with Crippen molar-refractivity contribution >= 4 is 33.3 Å². The Kier molecular flexibility index (Phi) is 6.62. The molecule has 37 heavy (non-hydrogen) atoms. The van der Waals surface area contributed by atoms with Crippen LogP contribution in [0, 0.1) is 11.6 Å². The predicted octanol–water partition coefficient (Wildman–Crippen LogP) is 2.68. The number of carbonyl (C=O) groups is 1.